The van der Waals surface area contributed by atoms with Gasteiger partial charge in [-0.05, 0) is 38.1 Å². The summed E-state index contributed by atoms with van der Waals surface area (Å²) in [5, 5.41) is 7.27. The summed E-state index contributed by atoms with van der Waals surface area (Å²) in [6, 6.07) is 10.1. The molecule has 0 bridgehead atoms. The monoisotopic (exact) mass is 423 g/mol. The van der Waals surface area contributed by atoms with Crippen molar-refractivity contribution in [2.24, 2.45) is 0 Å². The van der Waals surface area contributed by atoms with Crippen LogP contribution >= 0.6 is 11.6 Å². The first-order valence-electron chi connectivity index (χ1n) is 8.60. The minimum Gasteiger partial charge on any atom is -0.434 e. The van der Waals surface area contributed by atoms with Crippen LogP contribution in [0.2, 0.25) is 5.02 Å². The average Bonchev–Trinajstić information content (AvgIpc) is 2.92. The van der Waals surface area contributed by atoms with Crippen LogP contribution in [-0.4, -0.2) is 22.3 Å². The van der Waals surface area contributed by atoms with E-state index in [-0.39, 0.29) is 28.4 Å². The molecule has 9 heteroatoms. The van der Waals surface area contributed by atoms with Crippen LogP contribution in [0.1, 0.15) is 27.3 Å². The van der Waals surface area contributed by atoms with E-state index >= 15 is 0 Å². The summed E-state index contributed by atoms with van der Waals surface area (Å²) in [6.07, 6.45) is 0. The fourth-order valence-electron chi connectivity index (χ4n) is 2.90. The number of nitrogens with one attached hydrogen (secondary N) is 1. The Kier molecular flexibility index (Phi) is 6.12. The van der Waals surface area contributed by atoms with Gasteiger partial charge in [0.05, 0.1) is 29.2 Å². The normalized spacial score (nSPS) is 11.0. The van der Waals surface area contributed by atoms with Gasteiger partial charge in [-0.25, -0.2) is 4.39 Å². The van der Waals surface area contributed by atoms with Crippen LogP contribution in [0.25, 0.3) is 0 Å². The van der Waals surface area contributed by atoms with Crippen LogP contribution < -0.4 is 10.1 Å². The van der Waals surface area contributed by atoms with E-state index in [1.54, 1.807) is 19.9 Å². The fraction of sp³-hybridized carbons (Fsp3) is 0.200. The number of para-hydroxylation sites is 1. The third-order valence-electron chi connectivity index (χ3n) is 4.34. The molecule has 0 aliphatic heterocycles. The van der Waals surface area contributed by atoms with Crippen molar-refractivity contribution in [1.82, 2.24) is 9.78 Å². The summed E-state index contributed by atoms with van der Waals surface area (Å²) < 4.78 is 45.2. The topological polar surface area (TPSA) is 56.2 Å². The number of aromatic nitrogens is 2. The predicted molar refractivity (Wildman–Crippen MR) is 103 cm³/mol. The Hall–Kier alpha value is -3.00. The smallest absolute Gasteiger partial charge is 0.387 e. The number of anilines is 1. The summed E-state index contributed by atoms with van der Waals surface area (Å²) in [4.78, 5) is 12.6. The van der Waals surface area contributed by atoms with Crippen LogP contribution in [0, 0.1) is 19.7 Å². The van der Waals surface area contributed by atoms with E-state index in [1.807, 2.05) is 0 Å². The van der Waals surface area contributed by atoms with Gasteiger partial charge in [0.15, 0.2) is 0 Å². The summed E-state index contributed by atoms with van der Waals surface area (Å²) >= 11 is 6.08. The maximum absolute atomic E-state index is 14.1. The highest BCUT2D eigenvalue weighted by Crippen LogP contribution is 2.26. The number of ether oxygens (including phenoxy) is 1. The second kappa shape index (κ2) is 8.57. The number of nitrogens with zero attached hydrogens (tertiary/aromatic N) is 2. The lowest BCUT2D eigenvalue weighted by atomic mass is 10.1. The van der Waals surface area contributed by atoms with Crippen molar-refractivity contribution >= 4 is 23.2 Å². The van der Waals surface area contributed by atoms with Gasteiger partial charge in [0.2, 0.25) is 0 Å². The van der Waals surface area contributed by atoms with E-state index < -0.39 is 18.3 Å². The quantitative estimate of drug-likeness (QED) is 0.593. The second-order valence-electron chi connectivity index (χ2n) is 6.23. The first-order chi connectivity index (χ1) is 13.8. The lowest BCUT2D eigenvalue weighted by Gasteiger charge is -2.11. The molecule has 152 valence electrons. The predicted octanol–water partition coefficient (Wildman–Crippen LogP) is 5.19. The number of benzene rings is 2. The van der Waals surface area contributed by atoms with Gasteiger partial charge in [0.1, 0.15) is 11.6 Å². The van der Waals surface area contributed by atoms with Crippen LogP contribution in [0.3, 0.4) is 0 Å². The van der Waals surface area contributed by atoms with E-state index in [9.17, 15) is 18.0 Å². The largest absolute Gasteiger partial charge is 0.434 e. The Bertz CT molecular complexity index is 1030. The Morgan fingerprint density at radius 2 is 1.93 bits per heavy atom. The molecule has 1 amide bonds. The van der Waals surface area contributed by atoms with E-state index in [0.717, 1.165) is 0 Å². The zero-order valence-electron chi connectivity index (χ0n) is 15.5. The van der Waals surface area contributed by atoms with Gasteiger partial charge in [-0.1, -0.05) is 29.8 Å². The Balaban J connectivity index is 1.87. The molecule has 5 nitrogen and oxygen atoms in total. The number of alkyl halides is 2. The Morgan fingerprint density at radius 1 is 1.21 bits per heavy atom. The molecule has 0 unspecified atom stereocenters. The van der Waals surface area contributed by atoms with Crippen molar-refractivity contribution in [2.45, 2.75) is 27.0 Å². The molecule has 0 atom stereocenters. The van der Waals surface area contributed by atoms with Crippen molar-refractivity contribution in [3.63, 3.8) is 0 Å². The van der Waals surface area contributed by atoms with E-state index in [1.165, 1.54) is 41.1 Å². The minimum absolute atomic E-state index is 0.0449. The molecule has 1 N–H and O–H groups in total. The maximum Gasteiger partial charge on any atom is 0.387 e. The number of carbonyl (C=O) groups is 1. The number of rotatable bonds is 6. The summed E-state index contributed by atoms with van der Waals surface area (Å²) in [5.74, 6) is -1.33. The highest BCUT2D eigenvalue weighted by atomic mass is 35.5. The van der Waals surface area contributed by atoms with E-state index in [0.29, 0.717) is 17.1 Å². The lowest BCUT2D eigenvalue weighted by molar-refractivity contribution is -0.0501. The second-order valence-corrected chi connectivity index (χ2v) is 6.64. The molecule has 0 spiro atoms. The number of amides is 1. The zero-order chi connectivity index (χ0) is 21.1. The Morgan fingerprint density at radius 3 is 2.62 bits per heavy atom. The van der Waals surface area contributed by atoms with Gasteiger partial charge in [-0.15, -0.1) is 0 Å². The van der Waals surface area contributed by atoms with Crippen LogP contribution in [0.4, 0.5) is 18.9 Å². The molecule has 0 saturated carbocycles. The Labute approximate surface area is 170 Å². The molecule has 0 saturated heterocycles. The summed E-state index contributed by atoms with van der Waals surface area (Å²) in [6.45, 7) is 0.384. The molecule has 0 aliphatic carbocycles. The average molecular weight is 424 g/mol. The number of hydrogen-bond donors (Lipinski definition) is 1. The van der Waals surface area contributed by atoms with Gasteiger partial charge in [-0.2, -0.15) is 13.9 Å². The maximum atomic E-state index is 14.1. The van der Waals surface area contributed by atoms with Gasteiger partial charge in [0, 0.05) is 10.6 Å². The van der Waals surface area contributed by atoms with Crippen LogP contribution in [0.5, 0.6) is 5.75 Å². The number of carbonyl (C=O) groups excluding carboxylic acids is 1. The standard InChI is InChI=1S/C20H17ClF3N3O2/c1-11-18(25-19(28)13-6-3-4-9-17(13)29-20(23)24)12(2)27(26-11)10-14-15(21)7-5-8-16(14)22/h3-9,20H,10H2,1-2H3,(H,25,28). The lowest BCUT2D eigenvalue weighted by Crippen LogP contribution is -2.16. The molecule has 0 fully saturated rings. The highest BCUT2D eigenvalue weighted by Gasteiger charge is 2.20. The third-order valence-corrected chi connectivity index (χ3v) is 4.69. The van der Waals surface area contributed by atoms with Crippen molar-refractivity contribution < 1.29 is 22.7 Å². The zero-order valence-corrected chi connectivity index (χ0v) is 16.3. The number of aryl methyl sites for hydroxylation is 1. The van der Waals surface area contributed by atoms with E-state index in [4.69, 9.17) is 11.6 Å². The third kappa shape index (κ3) is 4.54. The van der Waals surface area contributed by atoms with Gasteiger partial charge in [-0.3, -0.25) is 9.48 Å². The molecule has 2 aromatic carbocycles. The number of hydrogen-bond acceptors (Lipinski definition) is 3. The fourth-order valence-corrected chi connectivity index (χ4v) is 3.12. The molecular weight excluding hydrogens is 407 g/mol. The van der Waals surface area contributed by atoms with Crippen molar-refractivity contribution in [3.05, 3.63) is 75.8 Å². The molecule has 3 rings (SSSR count). The van der Waals surface area contributed by atoms with E-state index in [2.05, 4.69) is 15.2 Å². The molecule has 1 heterocycles. The van der Waals surface area contributed by atoms with Gasteiger partial charge < -0.3 is 10.1 Å². The first-order valence-corrected chi connectivity index (χ1v) is 8.97. The molecular formula is C20H17ClF3N3O2. The molecule has 29 heavy (non-hydrogen) atoms. The minimum atomic E-state index is -3.05. The summed E-state index contributed by atoms with van der Waals surface area (Å²) in [5.41, 5.74) is 1.66. The number of halogens is 4. The van der Waals surface area contributed by atoms with Gasteiger partial charge >= 0.3 is 6.61 Å². The van der Waals surface area contributed by atoms with Crippen molar-refractivity contribution in [1.29, 1.82) is 0 Å². The van der Waals surface area contributed by atoms with Crippen LogP contribution in [-0.2, 0) is 6.54 Å². The highest BCUT2D eigenvalue weighted by molar-refractivity contribution is 6.31. The molecule has 1 aromatic heterocycles. The molecule has 0 aliphatic rings. The van der Waals surface area contributed by atoms with Crippen molar-refractivity contribution in [3.8, 4) is 5.75 Å². The molecule has 3 aromatic rings. The van der Waals surface area contributed by atoms with Gasteiger partial charge in [0.25, 0.3) is 5.91 Å². The molecule has 0 radical (unpaired) electrons. The first kappa shape index (κ1) is 20.7. The SMILES string of the molecule is Cc1nn(Cc2c(F)cccc2Cl)c(C)c1NC(=O)c1ccccc1OC(F)F. The summed E-state index contributed by atoms with van der Waals surface area (Å²) in [7, 11) is 0. The van der Waals surface area contributed by atoms with Crippen LogP contribution in [0.15, 0.2) is 42.5 Å². The van der Waals surface area contributed by atoms with Crippen molar-refractivity contribution in [2.75, 3.05) is 5.32 Å².